The number of aromatic nitrogens is 1. The van der Waals surface area contributed by atoms with Gasteiger partial charge in [-0.2, -0.15) is 0 Å². The molecule has 0 aliphatic rings. The first kappa shape index (κ1) is 8.66. The van der Waals surface area contributed by atoms with Crippen molar-refractivity contribution in [3.63, 3.8) is 0 Å². The Labute approximate surface area is 80.9 Å². The van der Waals surface area contributed by atoms with Gasteiger partial charge < -0.3 is 0 Å². The molecule has 0 spiro atoms. The molecule has 0 bridgehead atoms. The third kappa shape index (κ3) is 1.78. The Balaban J connectivity index is 3.27. The van der Waals surface area contributed by atoms with Crippen LogP contribution < -0.4 is 0 Å². The number of halogens is 2. The highest BCUT2D eigenvalue weighted by Crippen LogP contribution is 2.26. The number of nitro groups is 1. The minimum absolute atomic E-state index is 0.144. The van der Waals surface area contributed by atoms with Gasteiger partial charge in [-0.15, -0.1) is 0 Å². The van der Waals surface area contributed by atoms with Gasteiger partial charge in [-0.1, -0.05) is 11.6 Å². The maximum Gasteiger partial charge on any atom is 0.307 e. The molecular weight excluding hydrogens is 282 g/mol. The maximum atomic E-state index is 10.3. The fourth-order valence-electron chi connectivity index (χ4n) is 0.536. The molecule has 0 saturated carbocycles. The van der Waals surface area contributed by atoms with Crippen LogP contribution in [0.3, 0.4) is 0 Å². The normalized spacial score (nSPS) is 9.64. The highest BCUT2D eigenvalue weighted by atomic mass is 127. The van der Waals surface area contributed by atoms with E-state index >= 15 is 0 Å². The van der Waals surface area contributed by atoms with Crippen molar-refractivity contribution in [2.75, 3.05) is 0 Å². The summed E-state index contributed by atoms with van der Waals surface area (Å²) in [5.74, 6) is 0. The molecule has 0 amide bonds. The number of pyridine rings is 1. The first-order valence-electron chi connectivity index (χ1n) is 2.56. The van der Waals surface area contributed by atoms with Crippen molar-refractivity contribution < 1.29 is 4.92 Å². The summed E-state index contributed by atoms with van der Waals surface area (Å²) in [5.41, 5.74) is -0.154. The van der Waals surface area contributed by atoms with Crippen LogP contribution in [-0.2, 0) is 0 Å². The molecule has 1 aromatic rings. The fraction of sp³-hybridized carbons (Fsp3) is 0. The van der Waals surface area contributed by atoms with E-state index in [9.17, 15) is 10.1 Å². The largest absolute Gasteiger partial charge is 0.307 e. The zero-order valence-corrected chi connectivity index (χ0v) is 8.03. The summed E-state index contributed by atoms with van der Waals surface area (Å²) in [7, 11) is 0. The van der Waals surface area contributed by atoms with E-state index in [1.807, 2.05) is 22.6 Å². The van der Waals surface area contributed by atoms with Crippen LogP contribution in [0.2, 0.25) is 5.02 Å². The molecule has 0 aromatic carbocycles. The molecule has 0 fully saturated rings. The highest BCUT2D eigenvalue weighted by molar-refractivity contribution is 14.1. The molecule has 0 unspecified atom stereocenters. The lowest BCUT2D eigenvalue weighted by Crippen LogP contribution is -1.91. The van der Waals surface area contributed by atoms with Gasteiger partial charge in [0, 0.05) is 6.20 Å². The molecule has 1 aromatic heterocycles. The van der Waals surface area contributed by atoms with Gasteiger partial charge in [0.1, 0.15) is 11.2 Å². The van der Waals surface area contributed by atoms with E-state index in [1.165, 1.54) is 6.20 Å². The standard InChI is InChI=1S/C5H2ClIN2O2/c6-5-3(7)1-8-2-4(5)9(10)11/h1-2H. The first-order chi connectivity index (χ1) is 5.13. The van der Waals surface area contributed by atoms with Crippen LogP contribution in [0.5, 0.6) is 0 Å². The minimum Gasteiger partial charge on any atom is -0.258 e. The Hall–Kier alpha value is -0.430. The molecule has 0 atom stereocenters. The monoisotopic (exact) mass is 284 g/mol. The Bertz CT molecular complexity index is 305. The van der Waals surface area contributed by atoms with E-state index in [1.54, 1.807) is 0 Å². The van der Waals surface area contributed by atoms with Gasteiger partial charge in [-0.05, 0) is 22.6 Å². The Morgan fingerprint density at radius 2 is 2.27 bits per heavy atom. The van der Waals surface area contributed by atoms with Gasteiger partial charge >= 0.3 is 5.69 Å². The lowest BCUT2D eigenvalue weighted by Gasteiger charge is -1.94. The van der Waals surface area contributed by atoms with E-state index in [0.29, 0.717) is 3.57 Å². The highest BCUT2D eigenvalue weighted by Gasteiger charge is 2.14. The SMILES string of the molecule is O=[N+]([O-])c1cncc(I)c1Cl. The lowest BCUT2D eigenvalue weighted by molar-refractivity contribution is -0.385. The molecule has 0 saturated heterocycles. The Kier molecular flexibility index (Phi) is 2.61. The van der Waals surface area contributed by atoms with Crippen molar-refractivity contribution in [2.45, 2.75) is 0 Å². The van der Waals surface area contributed by atoms with Gasteiger partial charge in [-0.3, -0.25) is 15.1 Å². The van der Waals surface area contributed by atoms with Crippen LogP contribution in [0, 0.1) is 13.7 Å². The molecule has 0 aliphatic carbocycles. The second kappa shape index (κ2) is 3.31. The predicted molar refractivity (Wildman–Crippen MR) is 48.6 cm³/mol. The van der Waals surface area contributed by atoms with Gasteiger partial charge in [0.25, 0.3) is 0 Å². The zero-order valence-electron chi connectivity index (χ0n) is 5.12. The molecule has 58 valence electrons. The van der Waals surface area contributed by atoms with Gasteiger partial charge in [0.05, 0.1) is 8.49 Å². The third-order valence-electron chi connectivity index (χ3n) is 1.02. The van der Waals surface area contributed by atoms with Gasteiger partial charge in [0.15, 0.2) is 0 Å². The lowest BCUT2D eigenvalue weighted by atomic mass is 10.4. The summed E-state index contributed by atoms with van der Waals surface area (Å²) in [6, 6.07) is 0. The van der Waals surface area contributed by atoms with Crippen molar-refractivity contribution >= 4 is 39.9 Å². The van der Waals surface area contributed by atoms with Crippen molar-refractivity contribution in [3.05, 3.63) is 31.1 Å². The smallest absolute Gasteiger partial charge is 0.258 e. The average Bonchev–Trinajstić information content (AvgIpc) is 1.94. The molecule has 0 aliphatic heterocycles. The number of rotatable bonds is 1. The van der Waals surface area contributed by atoms with Crippen molar-refractivity contribution in [1.29, 1.82) is 0 Å². The quantitative estimate of drug-likeness (QED) is 0.451. The fourth-order valence-corrected chi connectivity index (χ4v) is 1.14. The van der Waals surface area contributed by atoms with Crippen LogP contribution in [0.25, 0.3) is 0 Å². The summed E-state index contributed by atoms with van der Waals surface area (Å²) < 4.78 is 0.582. The molecule has 6 heteroatoms. The summed E-state index contributed by atoms with van der Waals surface area (Å²) in [4.78, 5) is 13.3. The summed E-state index contributed by atoms with van der Waals surface area (Å²) >= 11 is 7.48. The first-order valence-corrected chi connectivity index (χ1v) is 4.02. The molecule has 4 nitrogen and oxygen atoms in total. The van der Waals surface area contributed by atoms with E-state index in [2.05, 4.69) is 4.98 Å². The van der Waals surface area contributed by atoms with Crippen LogP contribution >= 0.6 is 34.2 Å². The Morgan fingerprint density at radius 3 is 2.73 bits per heavy atom. The van der Waals surface area contributed by atoms with E-state index in [0.717, 1.165) is 6.20 Å². The number of hydrogen-bond donors (Lipinski definition) is 0. The molecule has 1 rings (SSSR count). The van der Waals surface area contributed by atoms with Gasteiger partial charge in [-0.25, -0.2) is 0 Å². The van der Waals surface area contributed by atoms with Crippen molar-refractivity contribution in [3.8, 4) is 0 Å². The second-order valence-electron chi connectivity index (χ2n) is 1.71. The summed E-state index contributed by atoms with van der Waals surface area (Å²) in [6.45, 7) is 0. The Morgan fingerprint density at radius 1 is 1.64 bits per heavy atom. The van der Waals surface area contributed by atoms with E-state index in [-0.39, 0.29) is 10.7 Å². The van der Waals surface area contributed by atoms with Crippen molar-refractivity contribution in [1.82, 2.24) is 4.98 Å². The van der Waals surface area contributed by atoms with E-state index in [4.69, 9.17) is 11.6 Å². The van der Waals surface area contributed by atoms with Gasteiger partial charge in [0.2, 0.25) is 0 Å². The third-order valence-corrected chi connectivity index (χ3v) is 2.55. The van der Waals surface area contributed by atoms with Crippen LogP contribution in [0.15, 0.2) is 12.4 Å². The molecule has 0 radical (unpaired) electrons. The minimum atomic E-state index is -0.558. The molecule has 11 heavy (non-hydrogen) atoms. The molecular formula is C5H2ClIN2O2. The summed E-state index contributed by atoms with van der Waals surface area (Å²) in [5, 5.41) is 10.4. The molecule has 0 N–H and O–H groups in total. The summed E-state index contributed by atoms with van der Waals surface area (Å²) in [6.07, 6.45) is 2.60. The predicted octanol–water partition coefficient (Wildman–Crippen LogP) is 2.25. The van der Waals surface area contributed by atoms with Crippen LogP contribution in [0.4, 0.5) is 5.69 Å². The van der Waals surface area contributed by atoms with Crippen LogP contribution in [0.1, 0.15) is 0 Å². The maximum absolute atomic E-state index is 10.3. The zero-order chi connectivity index (χ0) is 8.43. The number of nitrogens with zero attached hydrogens (tertiary/aromatic N) is 2. The van der Waals surface area contributed by atoms with E-state index < -0.39 is 4.92 Å². The molecule has 1 heterocycles. The average molecular weight is 284 g/mol. The van der Waals surface area contributed by atoms with Crippen LogP contribution in [-0.4, -0.2) is 9.91 Å². The number of hydrogen-bond acceptors (Lipinski definition) is 3. The van der Waals surface area contributed by atoms with Crippen molar-refractivity contribution in [2.24, 2.45) is 0 Å². The second-order valence-corrected chi connectivity index (χ2v) is 3.25. The topological polar surface area (TPSA) is 56.0 Å².